The van der Waals surface area contributed by atoms with Crippen molar-refractivity contribution in [3.8, 4) is 0 Å². The molecule has 0 saturated carbocycles. The Balaban J connectivity index is 1.90. The molecule has 1 amide bonds. The number of hydrogen-bond acceptors (Lipinski definition) is 3. The van der Waals surface area contributed by atoms with Gasteiger partial charge in [0, 0.05) is 38.3 Å². The molecule has 2 aliphatic heterocycles. The van der Waals surface area contributed by atoms with Crippen LogP contribution in [0.2, 0.25) is 0 Å². The Bertz CT molecular complexity index is 482. The first-order valence-electron chi connectivity index (χ1n) is 7.74. The molecule has 0 N–H and O–H groups in total. The molecule has 1 aromatic rings. The highest BCUT2D eigenvalue weighted by Gasteiger charge is 2.31. The molecule has 2 saturated heterocycles. The lowest BCUT2D eigenvalue weighted by molar-refractivity contribution is -0.129. The van der Waals surface area contributed by atoms with E-state index in [4.69, 9.17) is 0 Å². The second-order valence-corrected chi connectivity index (χ2v) is 5.83. The minimum atomic E-state index is 0.181. The molecule has 2 fully saturated rings. The van der Waals surface area contributed by atoms with Gasteiger partial charge in [-0.2, -0.15) is 0 Å². The number of aromatic nitrogens is 1. The van der Waals surface area contributed by atoms with Gasteiger partial charge in [-0.05, 0) is 38.2 Å². The van der Waals surface area contributed by atoms with Crippen molar-refractivity contribution in [2.75, 3.05) is 24.5 Å². The lowest BCUT2D eigenvalue weighted by Gasteiger charge is -2.32. The third-order valence-electron chi connectivity index (χ3n) is 4.49. The maximum Gasteiger partial charge on any atom is 0.219 e. The Hall–Kier alpha value is -1.58. The van der Waals surface area contributed by atoms with Crippen molar-refractivity contribution in [3.05, 3.63) is 23.9 Å². The number of carbonyl (C=O) groups is 1. The van der Waals surface area contributed by atoms with Crippen LogP contribution in [0.5, 0.6) is 0 Å². The number of anilines is 1. The van der Waals surface area contributed by atoms with Gasteiger partial charge in [0.05, 0.1) is 6.04 Å². The van der Waals surface area contributed by atoms with E-state index in [2.05, 4.69) is 16.0 Å². The number of rotatable bonds is 2. The van der Waals surface area contributed by atoms with Crippen LogP contribution in [0.15, 0.2) is 18.3 Å². The van der Waals surface area contributed by atoms with E-state index in [0.29, 0.717) is 0 Å². The van der Waals surface area contributed by atoms with Crippen LogP contribution >= 0.6 is 0 Å². The molecule has 1 aromatic heterocycles. The molecule has 3 rings (SSSR count). The molecular formula is C16H23N3O. The zero-order valence-electron chi connectivity index (χ0n) is 12.2. The smallest absolute Gasteiger partial charge is 0.219 e. The third kappa shape index (κ3) is 2.51. The van der Waals surface area contributed by atoms with E-state index < -0.39 is 0 Å². The number of carbonyl (C=O) groups excluding carboxylic acids is 1. The number of pyridine rings is 1. The average Bonchev–Trinajstić information content (AvgIpc) is 2.98. The van der Waals surface area contributed by atoms with E-state index in [1.807, 2.05) is 17.2 Å². The highest BCUT2D eigenvalue weighted by molar-refractivity contribution is 5.74. The molecule has 1 unspecified atom stereocenters. The van der Waals surface area contributed by atoms with Gasteiger partial charge in [-0.3, -0.25) is 4.79 Å². The Morgan fingerprint density at radius 3 is 2.75 bits per heavy atom. The Labute approximate surface area is 120 Å². The summed E-state index contributed by atoms with van der Waals surface area (Å²) < 4.78 is 0. The average molecular weight is 273 g/mol. The summed E-state index contributed by atoms with van der Waals surface area (Å²) in [6.07, 6.45) is 7.85. The van der Waals surface area contributed by atoms with Crippen LogP contribution in [0.25, 0.3) is 0 Å². The zero-order valence-corrected chi connectivity index (χ0v) is 12.2. The summed E-state index contributed by atoms with van der Waals surface area (Å²) in [6.45, 7) is 4.75. The molecule has 3 heterocycles. The molecule has 2 aliphatic rings. The molecule has 4 heteroatoms. The minimum Gasteiger partial charge on any atom is -0.356 e. The van der Waals surface area contributed by atoms with Gasteiger partial charge in [0.1, 0.15) is 5.82 Å². The first-order chi connectivity index (χ1) is 9.77. The van der Waals surface area contributed by atoms with Gasteiger partial charge in [-0.1, -0.05) is 6.07 Å². The highest BCUT2D eigenvalue weighted by Crippen LogP contribution is 2.36. The molecular weight excluding hydrogens is 250 g/mol. The van der Waals surface area contributed by atoms with Gasteiger partial charge in [-0.25, -0.2) is 4.98 Å². The quantitative estimate of drug-likeness (QED) is 0.831. The zero-order chi connectivity index (χ0) is 13.9. The second-order valence-electron chi connectivity index (χ2n) is 5.83. The molecule has 20 heavy (non-hydrogen) atoms. The summed E-state index contributed by atoms with van der Waals surface area (Å²) >= 11 is 0. The van der Waals surface area contributed by atoms with Gasteiger partial charge in [-0.15, -0.1) is 0 Å². The summed E-state index contributed by atoms with van der Waals surface area (Å²) in [4.78, 5) is 20.8. The third-order valence-corrected chi connectivity index (χ3v) is 4.49. The summed E-state index contributed by atoms with van der Waals surface area (Å²) in [5.41, 5.74) is 1.24. The Morgan fingerprint density at radius 2 is 2.00 bits per heavy atom. The maximum atomic E-state index is 11.8. The first kappa shape index (κ1) is 13.4. The van der Waals surface area contributed by atoms with Crippen LogP contribution < -0.4 is 4.90 Å². The minimum absolute atomic E-state index is 0.181. The van der Waals surface area contributed by atoms with Gasteiger partial charge in [0.2, 0.25) is 5.91 Å². The van der Waals surface area contributed by atoms with Crippen molar-refractivity contribution >= 4 is 11.7 Å². The summed E-state index contributed by atoms with van der Waals surface area (Å²) in [6, 6.07) is 4.38. The Morgan fingerprint density at radius 1 is 1.20 bits per heavy atom. The second kappa shape index (κ2) is 5.81. The lowest BCUT2D eigenvalue weighted by Crippen LogP contribution is -2.33. The van der Waals surface area contributed by atoms with Crippen molar-refractivity contribution in [3.63, 3.8) is 0 Å². The van der Waals surface area contributed by atoms with Crippen molar-refractivity contribution in [1.82, 2.24) is 9.88 Å². The summed E-state index contributed by atoms with van der Waals surface area (Å²) in [5.74, 6) is 1.28. The predicted octanol–water partition coefficient (Wildman–Crippen LogP) is 2.76. The largest absolute Gasteiger partial charge is 0.356 e. The van der Waals surface area contributed by atoms with E-state index >= 15 is 0 Å². The van der Waals surface area contributed by atoms with Gasteiger partial charge >= 0.3 is 0 Å². The fraction of sp³-hybridized carbons (Fsp3) is 0.625. The standard InChI is InChI=1S/C16H23N3O/c1-13(20)19-12-6-8-15(19)14-7-5-9-17-16(14)18-10-3-2-4-11-18/h5,7,9,15H,2-4,6,8,10-12H2,1H3. The number of amides is 1. The predicted molar refractivity (Wildman–Crippen MR) is 79.7 cm³/mol. The maximum absolute atomic E-state index is 11.8. The van der Waals surface area contributed by atoms with Crippen molar-refractivity contribution in [2.24, 2.45) is 0 Å². The van der Waals surface area contributed by atoms with Crippen molar-refractivity contribution in [2.45, 2.75) is 45.1 Å². The van der Waals surface area contributed by atoms with Crippen LogP contribution in [-0.2, 0) is 4.79 Å². The van der Waals surface area contributed by atoms with E-state index in [-0.39, 0.29) is 11.9 Å². The molecule has 0 spiro atoms. The molecule has 0 bridgehead atoms. The lowest BCUT2D eigenvalue weighted by atomic mass is 10.0. The molecule has 4 nitrogen and oxygen atoms in total. The van der Waals surface area contributed by atoms with Crippen LogP contribution in [0.4, 0.5) is 5.82 Å². The Kier molecular flexibility index (Phi) is 3.90. The van der Waals surface area contributed by atoms with Gasteiger partial charge < -0.3 is 9.80 Å². The number of nitrogens with zero attached hydrogens (tertiary/aromatic N) is 3. The molecule has 0 aliphatic carbocycles. The van der Waals surface area contributed by atoms with E-state index in [1.165, 1.54) is 24.8 Å². The van der Waals surface area contributed by atoms with Crippen molar-refractivity contribution in [1.29, 1.82) is 0 Å². The molecule has 1 atom stereocenters. The van der Waals surface area contributed by atoms with E-state index in [9.17, 15) is 4.79 Å². The number of piperidine rings is 1. The van der Waals surface area contributed by atoms with Crippen LogP contribution in [0.3, 0.4) is 0 Å². The normalized spacial score (nSPS) is 23.1. The molecule has 108 valence electrons. The summed E-state index contributed by atoms with van der Waals surface area (Å²) in [5, 5.41) is 0. The monoisotopic (exact) mass is 273 g/mol. The van der Waals surface area contributed by atoms with Crippen LogP contribution in [0.1, 0.15) is 50.6 Å². The van der Waals surface area contributed by atoms with Gasteiger partial charge in [0.25, 0.3) is 0 Å². The number of likely N-dealkylation sites (tertiary alicyclic amines) is 1. The number of hydrogen-bond donors (Lipinski definition) is 0. The van der Waals surface area contributed by atoms with Crippen molar-refractivity contribution < 1.29 is 4.79 Å². The van der Waals surface area contributed by atoms with Gasteiger partial charge in [0.15, 0.2) is 0 Å². The fourth-order valence-electron chi connectivity index (χ4n) is 3.51. The SMILES string of the molecule is CC(=O)N1CCCC1c1cccnc1N1CCCCC1. The molecule has 0 radical (unpaired) electrons. The summed E-state index contributed by atoms with van der Waals surface area (Å²) in [7, 11) is 0. The van der Waals surface area contributed by atoms with Crippen LogP contribution in [-0.4, -0.2) is 35.4 Å². The topological polar surface area (TPSA) is 36.4 Å². The van der Waals surface area contributed by atoms with E-state index in [0.717, 1.165) is 38.3 Å². The fourth-order valence-corrected chi connectivity index (χ4v) is 3.51. The van der Waals surface area contributed by atoms with Crippen LogP contribution in [0, 0.1) is 0 Å². The first-order valence-corrected chi connectivity index (χ1v) is 7.74. The van der Waals surface area contributed by atoms with E-state index in [1.54, 1.807) is 6.92 Å². The highest BCUT2D eigenvalue weighted by atomic mass is 16.2. The molecule has 0 aromatic carbocycles.